The number of aliphatic hydroxyl groups excluding tert-OH is 1. The van der Waals surface area contributed by atoms with Gasteiger partial charge in [-0.05, 0) is 19.3 Å². The van der Waals surface area contributed by atoms with E-state index in [0.717, 1.165) is 32.1 Å². The number of hydrogen-bond donors (Lipinski definition) is 1. The van der Waals surface area contributed by atoms with E-state index in [2.05, 4.69) is 0 Å². The van der Waals surface area contributed by atoms with Crippen LogP contribution in [0.15, 0.2) is 0 Å². The molecule has 14 heavy (non-hydrogen) atoms. The van der Waals surface area contributed by atoms with Gasteiger partial charge in [-0.1, -0.05) is 12.8 Å². The fourth-order valence-corrected chi connectivity index (χ4v) is 4.57. The molecule has 0 spiro atoms. The molecule has 0 bridgehead atoms. The zero-order valence-electron chi connectivity index (χ0n) is 8.22. The largest absolute Gasteiger partial charge is 0.395 e. The van der Waals surface area contributed by atoms with E-state index in [0.29, 0.717) is 6.54 Å². The van der Waals surface area contributed by atoms with Gasteiger partial charge in [0.2, 0.25) is 10.0 Å². The molecule has 2 rings (SSSR count). The van der Waals surface area contributed by atoms with Crippen molar-refractivity contribution in [2.75, 3.05) is 13.2 Å². The number of rotatable bonds is 3. The Labute approximate surface area is 85.0 Å². The van der Waals surface area contributed by atoms with E-state index in [4.69, 9.17) is 5.11 Å². The van der Waals surface area contributed by atoms with E-state index in [1.807, 2.05) is 0 Å². The summed E-state index contributed by atoms with van der Waals surface area (Å²) in [6.07, 6.45) is 4.47. The fourth-order valence-electron chi connectivity index (χ4n) is 2.31. The summed E-state index contributed by atoms with van der Waals surface area (Å²) in [6.45, 7) is 0.565. The quantitative estimate of drug-likeness (QED) is 0.744. The lowest BCUT2D eigenvalue weighted by Gasteiger charge is -2.40. The maximum Gasteiger partial charge on any atom is 0.217 e. The van der Waals surface area contributed by atoms with Gasteiger partial charge in [-0.25, -0.2) is 8.42 Å². The van der Waals surface area contributed by atoms with Gasteiger partial charge in [0, 0.05) is 12.6 Å². The molecule has 5 heteroatoms. The third-order valence-electron chi connectivity index (χ3n) is 3.35. The Morgan fingerprint density at radius 1 is 1.21 bits per heavy atom. The van der Waals surface area contributed by atoms with Crippen molar-refractivity contribution in [3.63, 3.8) is 0 Å². The first-order valence-electron chi connectivity index (χ1n) is 5.28. The van der Waals surface area contributed by atoms with Crippen LogP contribution < -0.4 is 0 Å². The van der Waals surface area contributed by atoms with Crippen LogP contribution in [-0.4, -0.2) is 42.3 Å². The third kappa shape index (κ3) is 1.57. The van der Waals surface area contributed by atoms with Crippen LogP contribution in [0.5, 0.6) is 0 Å². The lowest BCUT2D eigenvalue weighted by molar-refractivity contribution is 0.115. The summed E-state index contributed by atoms with van der Waals surface area (Å²) < 4.78 is 25.5. The Morgan fingerprint density at radius 3 is 2.29 bits per heavy atom. The molecule has 1 saturated heterocycles. The highest BCUT2D eigenvalue weighted by Crippen LogP contribution is 2.31. The summed E-state index contributed by atoms with van der Waals surface area (Å²) in [5, 5.41) is 8.79. The van der Waals surface area contributed by atoms with E-state index in [-0.39, 0.29) is 17.9 Å². The molecule has 1 saturated carbocycles. The summed E-state index contributed by atoms with van der Waals surface area (Å²) in [4.78, 5) is 0. The van der Waals surface area contributed by atoms with E-state index < -0.39 is 10.0 Å². The maximum atomic E-state index is 12.0. The van der Waals surface area contributed by atoms with Crippen LogP contribution in [0, 0.1) is 0 Å². The van der Waals surface area contributed by atoms with Crippen LogP contribution in [0.25, 0.3) is 0 Å². The topological polar surface area (TPSA) is 57.6 Å². The van der Waals surface area contributed by atoms with Crippen LogP contribution in [-0.2, 0) is 10.0 Å². The summed E-state index contributed by atoms with van der Waals surface area (Å²) in [7, 11) is -3.09. The SMILES string of the molecule is O=S(=O)(C1CCCC1)N1CCC1CO. The molecule has 2 fully saturated rings. The van der Waals surface area contributed by atoms with Crippen molar-refractivity contribution < 1.29 is 13.5 Å². The molecule has 0 aromatic rings. The van der Waals surface area contributed by atoms with Gasteiger partial charge in [-0.15, -0.1) is 0 Å². The van der Waals surface area contributed by atoms with Gasteiger partial charge in [-0.3, -0.25) is 0 Å². The molecule has 1 N–H and O–H groups in total. The highest BCUT2D eigenvalue weighted by atomic mass is 32.2. The van der Waals surface area contributed by atoms with Crippen molar-refractivity contribution in [2.45, 2.75) is 43.4 Å². The molecule has 1 heterocycles. The highest BCUT2D eigenvalue weighted by Gasteiger charge is 2.42. The van der Waals surface area contributed by atoms with Crippen LogP contribution in [0.2, 0.25) is 0 Å². The van der Waals surface area contributed by atoms with E-state index in [1.54, 1.807) is 0 Å². The van der Waals surface area contributed by atoms with Gasteiger partial charge in [0.15, 0.2) is 0 Å². The Kier molecular flexibility index (Phi) is 2.81. The zero-order valence-corrected chi connectivity index (χ0v) is 9.04. The molecule has 0 radical (unpaired) electrons. The predicted molar refractivity (Wildman–Crippen MR) is 53.4 cm³/mol. The summed E-state index contributed by atoms with van der Waals surface area (Å²) >= 11 is 0. The van der Waals surface area contributed by atoms with Gasteiger partial charge in [0.25, 0.3) is 0 Å². The Bertz CT molecular complexity index is 293. The molecule has 1 unspecified atom stereocenters. The van der Waals surface area contributed by atoms with E-state index in [9.17, 15) is 8.42 Å². The summed E-state index contributed by atoms with van der Waals surface area (Å²) in [6, 6.07) is -0.138. The van der Waals surface area contributed by atoms with Crippen molar-refractivity contribution in [1.82, 2.24) is 4.31 Å². The molecule has 1 aliphatic carbocycles. The fraction of sp³-hybridized carbons (Fsp3) is 1.00. The lowest BCUT2D eigenvalue weighted by atomic mass is 10.1. The van der Waals surface area contributed by atoms with Gasteiger partial charge in [-0.2, -0.15) is 4.31 Å². The predicted octanol–water partition coefficient (Wildman–Crippen LogP) is 0.325. The van der Waals surface area contributed by atoms with Gasteiger partial charge in [0.1, 0.15) is 0 Å². The molecule has 82 valence electrons. The molecular weight excluding hydrogens is 202 g/mol. The van der Waals surface area contributed by atoms with Crippen molar-refractivity contribution in [3.8, 4) is 0 Å². The molecule has 0 aromatic carbocycles. The first-order chi connectivity index (χ1) is 6.66. The molecule has 0 amide bonds. The van der Waals surface area contributed by atoms with Crippen LogP contribution >= 0.6 is 0 Å². The van der Waals surface area contributed by atoms with Crippen molar-refractivity contribution >= 4 is 10.0 Å². The molecule has 0 aromatic heterocycles. The number of nitrogens with zero attached hydrogens (tertiary/aromatic N) is 1. The average molecular weight is 219 g/mol. The minimum atomic E-state index is -3.09. The Hall–Kier alpha value is -0.130. The Balaban J connectivity index is 2.07. The second-order valence-corrected chi connectivity index (χ2v) is 6.35. The van der Waals surface area contributed by atoms with Crippen LogP contribution in [0.4, 0.5) is 0 Å². The second-order valence-electron chi connectivity index (χ2n) is 4.19. The van der Waals surface area contributed by atoms with Crippen LogP contribution in [0.3, 0.4) is 0 Å². The average Bonchev–Trinajstić information content (AvgIpc) is 2.53. The summed E-state index contributed by atoms with van der Waals surface area (Å²) in [5.74, 6) is 0. The van der Waals surface area contributed by atoms with Gasteiger partial charge in [0.05, 0.1) is 11.9 Å². The molecular formula is C9H17NO3S. The Morgan fingerprint density at radius 2 is 1.86 bits per heavy atom. The normalized spacial score (nSPS) is 30.5. The summed E-state index contributed by atoms with van der Waals surface area (Å²) in [5.41, 5.74) is 0. The first kappa shape index (κ1) is 10.4. The molecule has 4 nitrogen and oxygen atoms in total. The van der Waals surface area contributed by atoms with Gasteiger partial charge >= 0.3 is 0 Å². The van der Waals surface area contributed by atoms with E-state index >= 15 is 0 Å². The lowest BCUT2D eigenvalue weighted by Crippen LogP contribution is -2.55. The second kappa shape index (κ2) is 3.79. The minimum absolute atomic E-state index is 0.0358. The van der Waals surface area contributed by atoms with Gasteiger partial charge < -0.3 is 5.11 Å². The molecule has 2 aliphatic rings. The zero-order chi connectivity index (χ0) is 10.2. The first-order valence-corrected chi connectivity index (χ1v) is 6.78. The molecule has 1 atom stereocenters. The minimum Gasteiger partial charge on any atom is -0.395 e. The third-order valence-corrected chi connectivity index (χ3v) is 5.80. The van der Waals surface area contributed by atoms with Crippen LogP contribution in [0.1, 0.15) is 32.1 Å². The number of hydrogen-bond acceptors (Lipinski definition) is 3. The standard InChI is InChI=1S/C9H17NO3S/c11-7-8-5-6-10(8)14(12,13)9-3-1-2-4-9/h8-9,11H,1-7H2. The highest BCUT2D eigenvalue weighted by molar-refractivity contribution is 7.89. The van der Waals surface area contributed by atoms with Crippen molar-refractivity contribution in [1.29, 1.82) is 0 Å². The molecule has 1 aliphatic heterocycles. The van der Waals surface area contributed by atoms with Crippen molar-refractivity contribution in [2.24, 2.45) is 0 Å². The smallest absolute Gasteiger partial charge is 0.217 e. The van der Waals surface area contributed by atoms with E-state index in [1.165, 1.54) is 4.31 Å². The van der Waals surface area contributed by atoms with Crippen molar-refractivity contribution in [3.05, 3.63) is 0 Å². The maximum absolute atomic E-state index is 12.0. The number of aliphatic hydroxyl groups is 1. The number of sulfonamides is 1. The monoisotopic (exact) mass is 219 g/mol.